The zero-order valence-corrected chi connectivity index (χ0v) is 9.69. The summed E-state index contributed by atoms with van der Waals surface area (Å²) in [5, 5.41) is 8.40. The van der Waals surface area contributed by atoms with Crippen LogP contribution in [0.3, 0.4) is 0 Å². The molecule has 0 aliphatic rings. The van der Waals surface area contributed by atoms with Crippen LogP contribution in [0, 0.1) is 6.92 Å². The van der Waals surface area contributed by atoms with Crippen molar-refractivity contribution in [1.29, 1.82) is 0 Å². The lowest BCUT2D eigenvalue weighted by atomic mass is 10.2. The molecule has 16 heavy (non-hydrogen) atoms. The van der Waals surface area contributed by atoms with Crippen LogP contribution in [-0.2, 0) is 0 Å². The van der Waals surface area contributed by atoms with Crippen LogP contribution >= 0.6 is 11.6 Å². The summed E-state index contributed by atoms with van der Waals surface area (Å²) in [6.07, 6.45) is 0. The Kier molecular flexibility index (Phi) is 2.75. The molecule has 0 radical (unpaired) electrons. The Hall–Kier alpha value is -1.68. The number of Topliss-reactive ketones (excluding diaryl/α,β-unsaturated/α-hetero) is 1. The van der Waals surface area contributed by atoms with Crippen LogP contribution in [0.15, 0.2) is 24.3 Å². The highest BCUT2D eigenvalue weighted by Gasteiger charge is 2.13. The van der Waals surface area contributed by atoms with Gasteiger partial charge in [-0.15, -0.1) is 5.10 Å². The molecule has 2 aromatic rings. The van der Waals surface area contributed by atoms with E-state index < -0.39 is 0 Å². The average Bonchev–Trinajstić information content (AvgIpc) is 2.60. The molecule has 82 valence electrons. The maximum Gasteiger partial charge on any atom is 0.181 e. The molecule has 0 aliphatic carbocycles. The van der Waals surface area contributed by atoms with E-state index in [1.54, 1.807) is 23.7 Å². The monoisotopic (exact) mass is 235 g/mol. The van der Waals surface area contributed by atoms with Gasteiger partial charge in [-0.2, -0.15) is 0 Å². The quantitative estimate of drug-likeness (QED) is 0.751. The lowest BCUT2D eigenvalue weighted by Crippen LogP contribution is -2.00. The minimum Gasteiger partial charge on any atom is -0.293 e. The number of nitrogens with zero attached hydrogens (tertiary/aromatic N) is 3. The first-order valence-corrected chi connectivity index (χ1v) is 5.16. The molecule has 0 bridgehead atoms. The van der Waals surface area contributed by atoms with Gasteiger partial charge in [0.25, 0.3) is 0 Å². The maximum absolute atomic E-state index is 11.2. The normalized spacial score (nSPS) is 10.4. The highest BCUT2D eigenvalue weighted by Crippen LogP contribution is 2.16. The number of hydrogen-bond acceptors (Lipinski definition) is 3. The topological polar surface area (TPSA) is 47.8 Å². The Morgan fingerprint density at radius 3 is 2.75 bits per heavy atom. The molecule has 0 amide bonds. The van der Waals surface area contributed by atoms with E-state index in [1.165, 1.54) is 6.92 Å². The molecule has 0 fully saturated rings. The van der Waals surface area contributed by atoms with Gasteiger partial charge in [0.05, 0.1) is 11.4 Å². The third-order valence-electron chi connectivity index (χ3n) is 2.28. The van der Waals surface area contributed by atoms with Crippen LogP contribution in [-0.4, -0.2) is 20.8 Å². The zero-order chi connectivity index (χ0) is 11.7. The smallest absolute Gasteiger partial charge is 0.181 e. The summed E-state index contributed by atoms with van der Waals surface area (Å²) in [4.78, 5) is 11.2. The molecule has 0 spiro atoms. The Morgan fingerprint density at radius 1 is 1.44 bits per heavy atom. The van der Waals surface area contributed by atoms with Crippen molar-refractivity contribution in [2.24, 2.45) is 0 Å². The summed E-state index contributed by atoms with van der Waals surface area (Å²) in [5.74, 6) is -0.0919. The molecular weight excluding hydrogens is 226 g/mol. The number of halogens is 1. The Bertz CT molecular complexity index is 548. The van der Waals surface area contributed by atoms with Crippen molar-refractivity contribution in [2.75, 3.05) is 0 Å². The predicted octanol–water partition coefficient (Wildman–Crippen LogP) is 2.43. The standard InChI is InChI=1S/C11H10ClN3O/c1-7-11(8(2)16)13-14-15(7)10-5-3-4-9(12)6-10/h3-6H,1-2H3. The first-order chi connectivity index (χ1) is 7.59. The number of rotatable bonds is 2. The van der Waals surface area contributed by atoms with E-state index in [-0.39, 0.29) is 5.78 Å². The largest absolute Gasteiger partial charge is 0.293 e. The first-order valence-electron chi connectivity index (χ1n) is 4.79. The van der Waals surface area contributed by atoms with Gasteiger partial charge in [0.1, 0.15) is 0 Å². The van der Waals surface area contributed by atoms with Gasteiger partial charge in [-0.3, -0.25) is 4.79 Å². The highest BCUT2D eigenvalue weighted by molar-refractivity contribution is 6.30. The first kappa shape index (κ1) is 10.8. The lowest BCUT2D eigenvalue weighted by Gasteiger charge is -2.03. The third kappa shape index (κ3) is 1.84. The number of carbonyl (C=O) groups is 1. The van der Waals surface area contributed by atoms with Crippen LogP contribution in [0.1, 0.15) is 23.1 Å². The fourth-order valence-electron chi connectivity index (χ4n) is 1.51. The highest BCUT2D eigenvalue weighted by atomic mass is 35.5. The molecule has 0 atom stereocenters. The van der Waals surface area contributed by atoms with Gasteiger partial charge in [-0.25, -0.2) is 4.68 Å². The molecule has 0 saturated heterocycles. The molecular formula is C11H10ClN3O. The lowest BCUT2D eigenvalue weighted by molar-refractivity contribution is 0.101. The van der Waals surface area contributed by atoms with E-state index in [2.05, 4.69) is 10.3 Å². The molecule has 1 aromatic carbocycles. The number of aromatic nitrogens is 3. The fourth-order valence-corrected chi connectivity index (χ4v) is 1.69. The van der Waals surface area contributed by atoms with Crippen molar-refractivity contribution in [1.82, 2.24) is 15.0 Å². The maximum atomic E-state index is 11.2. The van der Waals surface area contributed by atoms with Crippen molar-refractivity contribution in [2.45, 2.75) is 13.8 Å². The minimum atomic E-state index is -0.0919. The van der Waals surface area contributed by atoms with Gasteiger partial charge in [0.2, 0.25) is 0 Å². The third-order valence-corrected chi connectivity index (χ3v) is 2.52. The fraction of sp³-hybridized carbons (Fsp3) is 0.182. The summed E-state index contributed by atoms with van der Waals surface area (Å²) < 4.78 is 1.60. The molecule has 2 rings (SSSR count). The molecule has 0 aliphatic heterocycles. The van der Waals surface area contributed by atoms with Crippen molar-refractivity contribution >= 4 is 17.4 Å². The van der Waals surface area contributed by atoms with E-state index >= 15 is 0 Å². The van der Waals surface area contributed by atoms with E-state index in [4.69, 9.17) is 11.6 Å². The Labute approximate surface area is 97.8 Å². The zero-order valence-electron chi connectivity index (χ0n) is 8.94. The molecule has 0 unspecified atom stereocenters. The number of hydrogen-bond donors (Lipinski definition) is 0. The van der Waals surface area contributed by atoms with E-state index in [1.807, 2.05) is 12.1 Å². The average molecular weight is 236 g/mol. The second-order valence-corrected chi connectivity index (χ2v) is 3.91. The Morgan fingerprint density at radius 2 is 2.19 bits per heavy atom. The number of ketones is 1. The molecule has 1 heterocycles. The SMILES string of the molecule is CC(=O)c1nnn(-c2cccc(Cl)c2)c1C. The summed E-state index contributed by atoms with van der Waals surface area (Å²) in [6.45, 7) is 3.27. The van der Waals surface area contributed by atoms with Crippen LogP contribution in [0.4, 0.5) is 0 Å². The van der Waals surface area contributed by atoms with Crippen LogP contribution in [0.5, 0.6) is 0 Å². The van der Waals surface area contributed by atoms with Gasteiger partial charge in [0.15, 0.2) is 11.5 Å². The number of benzene rings is 1. The van der Waals surface area contributed by atoms with Gasteiger partial charge >= 0.3 is 0 Å². The van der Waals surface area contributed by atoms with Crippen molar-refractivity contribution in [3.8, 4) is 5.69 Å². The van der Waals surface area contributed by atoms with Gasteiger partial charge in [-0.05, 0) is 25.1 Å². The van der Waals surface area contributed by atoms with Crippen molar-refractivity contribution < 1.29 is 4.79 Å². The van der Waals surface area contributed by atoms with E-state index in [0.29, 0.717) is 10.7 Å². The van der Waals surface area contributed by atoms with E-state index in [9.17, 15) is 4.79 Å². The van der Waals surface area contributed by atoms with Crippen LogP contribution in [0.2, 0.25) is 5.02 Å². The molecule has 0 N–H and O–H groups in total. The van der Waals surface area contributed by atoms with E-state index in [0.717, 1.165) is 11.4 Å². The summed E-state index contributed by atoms with van der Waals surface area (Å²) in [6, 6.07) is 7.24. The molecule has 5 heteroatoms. The molecule has 4 nitrogen and oxygen atoms in total. The minimum absolute atomic E-state index is 0.0919. The van der Waals surface area contributed by atoms with Crippen molar-refractivity contribution in [3.63, 3.8) is 0 Å². The number of carbonyl (C=O) groups excluding carboxylic acids is 1. The van der Waals surface area contributed by atoms with Gasteiger partial charge < -0.3 is 0 Å². The second-order valence-electron chi connectivity index (χ2n) is 3.47. The van der Waals surface area contributed by atoms with Crippen LogP contribution in [0.25, 0.3) is 5.69 Å². The summed E-state index contributed by atoms with van der Waals surface area (Å²) >= 11 is 5.89. The molecule has 0 saturated carbocycles. The van der Waals surface area contributed by atoms with Crippen molar-refractivity contribution in [3.05, 3.63) is 40.7 Å². The Balaban J connectivity index is 2.53. The molecule has 1 aromatic heterocycles. The predicted molar refractivity (Wildman–Crippen MR) is 61.1 cm³/mol. The summed E-state index contributed by atoms with van der Waals surface area (Å²) in [7, 11) is 0. The summed E-state index contributed by atoms with van der Waals surface area (Å²) in [5.41, 5.74) is 1.90. The van der Waals surface area contributed by atoms with Gasteiger partial charge in [0, 0.05) is 11.9 Å². The van der Waals surface area contributed by atoms with Crippen LogP contribution < -0.4 is 0 Å². The van der Waals surface area contributed by atoms with Gasteiger partial charge in [-0.1, -0.05) is 22.9 Å². The second kappa shape index (κ2) is 4.06.